The molecule has 0 bridgehead atoms. The van der Waals surface area contributed by atoms with Crippen molar-refractivity contribution in [1.82, 2.24) is 14.8 Å². The van der Waals surface area contributed by atoms with Crippen molar-refractivity contribution >= 4 is 17.2 Å². The zero-order valence-electron chi connectivity index (χ0n) is 11.0. The van der Waals surface area contributed by atoms with E-state index in [0.717, 1.165) is 49.7 Å². The lowest BCUT2D eigenvalue weighted by Gasteiger charge is -2.51. The predicted octanol–water partition coefficient (Wildman–Crippen LogP) is 1.51. The molecule has 18 heavy (non-hydrogen) atoms. The van der Waals surface area contributed by atoms with Crippen molar-refractivity contribution in [2.24, 2.45) is 5.41 Å². The second-order valence-electron chi connectivity index (χ2n) is 5.61. The smallest absolute Gasteiger partial charge is 0.231 e. The second kappa shape index (κ2) is 4.31. The maximum Gasteiger partial charge on any atom is 0.231 e. The number of rotatable bonds is 2. The average molecular weight is 265 g/mol. The Morgan fingerprint density at radius 3 is 2.94 bits per heavy atom. The number of hydrogen-bond donors (Lipinski definition) is 0. The molecule has 0 saturated carbocycles. The van der Waals surface area contributed by atoms with Crippen LogP contribution in [0.5, 0.6) is 0 Å². The number of piperidine rings is 1. The fourth-order valence-electron chi connectivity index (χ4n) is 3.28. The van der Waals surface area contributed by atoms with Gasteiger partial charge >= 0.3 is 0 Å². The second-order valence-corrected chi connectivity index (χ2v) is 6.68. The fraction of sp³-hybridized carbons (Fsp3) is 0.692. The summed E-state index contributed by atoms with van der Waals surface area (Å²) in [5, 5.41) is 3.25. The minimum absolute atomic E-state index is 0.0714. The first kappa shape index (κ1) is 12.1. The SMILES string of the molecule is Cc1nc(CN2CCC[C@]3(C2)CN(C)C3=O)cs1. The number of aromatic nitrogens is 1. The number of hydrogen-bond acceptors (Lipinski definition) is 4. The molecule has 2 saturated heterocycles. The summed E-state index contributed by atoms with van der Waals surface area (Å²) in [6.07, 6.45) is 2.19. The quantitative estimate of drug-likeness (QED) is 0.761. The molecular formula is C13H19N3OS. The minimum atomic E-state index is -0.0714. The normalized spacial score (nSPS) is 28.8. The molecule has 3 rings (SSSR count). The highest BCUT2D eigenvalue weighted by atomic mass is 32.1. The fourth-order valence-corrected chi connectivity index (χ4v) is 3.89. The summed E-state index contributed by atoms with van der Waals surface area (Å²) in [5.41, 5.74) is 1.08. The summed E-state index contributed by atoms with van der Waals surface area (Å²) >= 11 is 1.70. The van der Waals surface area contributed by atoms with Crippen LogP contribution in [0.4, 0.5) is 0 Å². The van der Waals surface area contributed by atoms with Crippen LogP contribution in [0.2, 0.25) is 0 Å². The molecule has 1 aromatic rings. The molecule has 1 spiro atoms. The highest BCUT2D eigenvalue weighted by Crippen LogP contribution is 2.39. The van der Waals surface area contributed by atoms with Crippen LogP contribution in [0.15, 0.2) is 5.38 Å². The van der Waals surface area contributed by atoms with Crippen molar-refractivity contribution < 1.29 is 4.79 Å². The zero-order valence-corrected chi connectivity index (χ0v) is 11.8. The molecule has 0 aromatic carbocycles. The van der Waals surface area contributed by atoms with E-state index in [4.69, 9.17) is 0 Å². The molecule has 1 aromatic heterocycles. The van der Waals surface area contributed by atoms with Crippen molar-refractivity contribution in [3.63, 3.8) is 0 Å². The Hall–Kier alpha value is -0.940. The highest BCUT2D eigenvalue weighted by Gasteiger charge is 2.52. The first-order chi connectivity index (χ1) is 8.59. The Morgan fingerprint density at radius 1 is 1.50 bits per heavy atom. The largest absolute Gasteiger partial charge is 0.344 e. The van der Waals surface area contributed by atoms with E-state index in [1.54, 1.807) is 11.3 Å². The van der Waals surface area contributed by atoms with Gasteiger partial charge in [0.1, 0.15) is 0 Å². The van der Waals surface area contributed by atoms with E-state index in [-0.39, 0.29) is 5.41 Å². The van der Waals surface area contributed by atoms with E-state index >= 15 is 0 Å². The van der Waals surface area contributed by atoms with Gasteiger partial charge in [0.2, 0.25) is 5.91 Å². The standard InChI is InChI=1S/C13H19N3OS/c1-10-14-11(7-18-10)6-16-5-3-4-13(9-16)8-15(2)12(13)17/h7H,3-6,8-9H2,1-2H3/t13-/m1/s1. The molecule has 2 fully saturated rings. The summed E-state index contributed by atoms with van der Waals surface area (Å²) in [6.45, 7) is 5.86. The number of β-lactam (4-membered cyclic amide) rings is 1. The van der Waals surface area contributed by atoms with Crippen molar-refractivity contribution in [3.05, 3.63) is 16.1 Å². The summed E-state index contributed by atoms with van der Waals surface area (Å²) in [4.78, 5) is 20.8. The third-order valence-corrected chi connectivity index (χ3v) is 4.87. The Bertz CT molecular complexity index is 469. The number of aryl methyl sites for hydroxylation is 1. The molecule has 1 atom stereocenters. The Balaban J connectivity index is 1.66. The van der Waals surface area contributed by atoms with Gasteiger partial charge in [-0.05, 0) is 26.3 Å². The van der Waals surface area contributed by atoms with Gasteiger partial charge in [-0.2, -0.15) is 0 Å². The highest BCUT2D eigenvalue weighted by molar-refractivity contribution is 7.09. The third kappa shape index (κ3) is 1.95. The number of nitrogens with zero attached hydrogens (tertiary/aromatic N) is 3. The number of carbonyl (C=O) groups excluding carboxylic acids is 1. The first-order valence-corrected chi connectivity index (χ1v) is 7.36. The molecule has 0 radical (unpaired) electrons. The van der Waals surface area contributed by atoms with Crippen molar-refractivity contribution in [1.29, 1.82) is 0 Å². The van der Waals surface area contributed by atoms with Gasteiger partial charge in [0.15, 0.2) is 0 Å². The molecule has 4 nitrogen and oxygen atoms in total. The van der Waals surface area contributed by atoms with Crippen LogP contribution in [0.25, 0.3) is 0 Å². The van der Waals surface area contributed by atoms with E-state index < -0.39 is 0 Å². The Kier molecular flexibility index (Phi) is 2.90. The molecule has 0 N–H and O–H groups in total. The molecule has 2 aliphatic heterocycles. The minimum Gasteiger partial charge on any atom is -0.344 e. The van der Waals surface area contributed by atoms with Crippen LogP contribution in [0.3, 0.4) is 0 Å². The van der Waals surface area contributed by atoms with E-state index in [9.17, 15) is 4.79 Å². The lowest BCUT2D eigenvalue weighted by molar-refractivity contribution is -0.163. The lowest BCUT2D eigenvalue weighted by Crippen LogP contribution is -2.65. The topological polar surface area (TPSA) is 36.4 Å². The number of carbonyl (C=O) groups is 1. The third-order valence-electron chi connectivity index (χ3n) is 4.05. The molecule has 98 valence electrons. The molecule has 5 heteroatoms. The molecule has 3 heterocycles. The molecule has 0 unspecified atom stereocenters. The van der Waals surface area contributed by atoms with Gasteiger partial charge < -0.3 is 4.90 Å². The van der Waals surface area contributed by atoms with Gasteiger partial charge in [0.25, 0.3) is 0 Å². The lowest BCUT2D eigenvalue weighted by atomic mass is 9.72. The van der Waals surface area contributed by atoms with Gasteiger partial charge in [0.05, 0.1) is 16.1 Å². The number of likely N-dealkylation sites (tertiary alicyclic amines) is 2. The van der Waals surface area contributed by atoms with Crippen LogP contribution in [-0.4, -0.2) is 47.4 Å². The van der Waals surface area contributed by atoms with Crippen LogP contribution >= 0.6 is 11.3 Å². The maximum atomic E-state index is 12.0. The molecule has 2 aliphatic rings. The Morgan fingerprint density at radius 2 is 2.33 bits per heavy atom. The van der Waals surface area contributed by atoms with Crippen LogP contribution in [0, 0.1) is 12.3 Å². The van der Waals surface area contributed by atoms with Gasteiger partial charge in [-0.3, -0.25) is 9.69 Å². The van der Waals surface area contributed by atoms with Gasteiger partial charge in [0, 0.05) is 32.1 Å². The summed E-state index contributed by atoms with van der Waals surface area (Å²) < 4.78 is 0. The van der Waals surface area contributed by atoms with Crippen LogP contribution in [0.1, 0.15) is 23.5 Å². The number of thiazole rings is 1. The average Bonchev–Trinajstić information content (AvgIpc) is 2.75. The first-order valence-electron chi connectivity index (χ1n) is 6.48. The van der Waals surface area contributed by atoms with Crippen LogP contribution in [-0.2, 0) is 11.3 Å². The van der Waals surface area contributed by atoms with Crippen molar-refractivity contribution in [2.45, 2.75) is 26.3 Å². The maximum absolute atomic E-state index is 12.0. The zero-order chi connectivity index (χ0) is 12.8. The predicted molar refractivity (Wildman–Crippen MR) is 71.4 cm³/mol. The van der Waals surface area contributed by atoms with E-state index in [1.165, 1.54) is 0 Å². The summed E-state index contributed by atoms with van der Waals surface area (Å²) in [6, 6.07) is 0. The van der Waals surface area contributed by atoms with Crippen molar-refractivity contribution in [2.75, 3.05) is 26.7 Å². The van der Waals surface area contributed by atoms with Crippen LogP contribution < -0.4 is 0 Å². The Labute approximate surface area is 112 Å². The monoisotopic (exact) mass is 265 g/mol. The summed E-state index contributed by atoms with van der Waals surface area (Å²) in [5.74, 6) is 0.335. The molecular weight excluding hydrogens is 246 g/mol. The van der Waals surface area contributed by atoms with Gasteiger partial charge in [-0.15, -0.1) is 11.3 Å². The molecule has 0 aliphatic carbocycles. The van der Waals surface area contributed by atoms with Crippen molar-refractivity contribution in [3.8, 4) is 0 Å². The summed E-state index contributed by atoms with van der Waals surface area (Å²) in [7, 11) is 1.90. The van der Waals surface area contributed by atoms with E-state index in [0.29, 0.717) is 5.91 Å². The van der Waals surface area contributed by atoms with E-state index in [1.807, 2.05) is 18.9 Å². The van der Waals surface area contributed by atoms with Gasteiger partial charge in [-0.1, -0.05) is 0 Å². The van der Waals surface area contributed by atoms with E-state index in [2.05, 4.69) is 15.3 Å². The van der Waals surface area contributed by atoms with Gasteiger partial charge in [-0.25, -0.2) is 4.98 Å². The number of amides is 1. The molecule has 1 amide bonds.